The third-order valence-corrected chi connectivity index (χ3v) is 3.26. The van der Waals surface area contributed by atoms with Crippen LogP contribution in [0, 0.1) is 5.92 Å². The van der Waals surface area contributed by atoms with Gasteiger partial charge in [-0.05, 0) is 16.7 Å². The first-order valence-electron chi connectivity index (χ1n) is 5.31. The summed E-state index contributed by atoms with van der Waals surface area (Å²) in [6.45, 7) is 1.96. The Bertz CT molecular complexity index is 506. The van der Waals surface area contributed by atoms with Crippen molar-refractivity contribution in [3.05, 3.63) is 53.1 Å². The highest BCUT2D eigenvalue weighted by Crippen LogP contribution is 2.37. The predicted molar refractivity (Wildman–Crippen MR) is 60.4 cm³/mol. The molecule has 0 saturated carbocycles. The molecule has 2 aliphatic rings. The fraction of sp³-hybridized carbons (Fsp3) is 0.214. The molecule has 1 aromatic rings. The van der Waals surface area contributed by atoms with Crippen molar-refractivity contribution in [2.45, 2.75) is 13.3 Å². The molecule has 0 saturated heterocycles. The standard InChI is InChI=1S/C14H12O/c1-9-6-7-12-11-5-3-2-4-10(11)8-13(12)14(9)15/h2-7,9H,8H2,1H3. The number of allylic oxidation sites excluding steroid dienone is 4. The lowest BCUT2D eigenvalue weighted by Crippen LogP contribution is -2.14. The summed E-state index contributed by atoms with van der Waals surface area (Å²) in [6, 6.07) is 8.28. The Kier molecular flexibility index (Phi) is 1.69. The molecule has 0 spiro atoms. The quantitative estimate of drug-likeness (QED) is 0.623. The van der Waals surface area contributed by atoms with Gasteiger partial charge in [-0.15, -0.1) is 0 Å². The maximum atomic E-state index is 12.0. The number of hydrogen-bond acceptors (Lipinski definition) is 1. The molecule has 3 rings (SSSR count). The normalized spacial score (nSPS) is 23.0. The number of hydrogen-bond donors (Lipinski definition) is 0. The monoisotopic (exact) mass is 196 g/mol. The highest BCUT2D eigenvalue weighted by Gasteiger charge is 2.29. The molecule has 1 unspecified atom stereocenters. The number of fused-ring (bicyclic) bond motifs is 2. The Balaban J connectivity index is 2.17. The van der Waals surface area contributed by atoms with E-state index in [4.69, 9.17) is 0 Å². The number of ketones is 1. The third kappa shape index (κ3) is 1.13. The van der Waals surface area contributed by atoms with Crippen LogP contribution in [0.3, 0.4) is 0 Å². The van der Waals surface area contributed by atoms with Crippen LogP contribution in [0.5, 0.6) is 0 Å². The second kappa shape index (κ2) is 2.93. The Labute approximate surface area is 89.1 Å². The van der Waals surface area contributed by atoms with Gasteiger partial charge < -0.3 is 0 Å². The van der Waals surface area contributed by atoms with Crippen LogP contribution in [0.2, 0.25) is 0 Å². The molecule has 0 fully saturated rings. The van der Waals surface area contributed by atoms with Crippen molar-refractivity contribution in [1.82, 2.24) is 0 Å². The van der Waals surface area contributed by atoms with Gasteiger partial charge in [-0.2, -0.15) is 0 Å². The van der Waals surface area contributed by atoms with Crippen molar-refractivity contribution in [3.63, 3.8) is 0 Å². The van der Waals surface area contributed by atoms with E-state index < -0.39 is 0 Å². The molecule has 74 valence electrons. The number of carbonyl (C=O) groups is 1. The van der Waals surface area contributed by atoms with E-state index in [1.165, 1.54) is 11.1 Å². The molecule has 0 heterocycles. The van der Waals surface area contributed by atoms with Crippen molar-refractivity contribution in [3.8, 4) is 0 Å². The largest absolute Gasteiger partial charge is 0.294 e. The lowest BCUT2D eigenvalue weighted by molar-refractivity contribution is -0.117. The van der Waals surface area contributed by atoms with Gasteiger partial charge in [0.2, 0.25) is 0 Å². The molecule has 2 aliphatic carbocycles. The Morgan fingerprint density at radius 2 is 2.07 bits per heavy atom. The van der Waals surface area contributed by atoms with Gasteiger partial charge in [0.05, 0.1) is 0 Å². The molecule has 1 heteroatoms. The molecule has 0 N–H and O–H groups in total. The van der Waals surface area contributed by atoms with Crippen LogP contribution in [-0.4, -0.2) is 5.78 Å². The Morgan fingerprint density at radius 1 is 1.27 bits per heavy atom. The zero-order chi connectivity index (χ0) is 10.4. The third-order valence-electron chi connectivity index (χ3n) is 3.26. The summed E-state index contributed by atoms with van der Waals surface area (Å²) < 4.78 is 0. The number of Topliss-reactive ketones (excluding diaryl/α,β-unsaturated/α-hetero) is 1. The molecule has 0 aromatic heterocycles. The first-order valence-corrected chi connectivity index (χ1v) is 5.31. The van der Waals surface area contributed by atoms with E-state index in [1.807, 2.05) is 25.1 Å². The fourth-order valence-corrected chi connectivity index (χ4v) is 2.40. The van der Waals surface area contributed by atoms with Gasteiger partial charge in [-0.1, -0.05) is 43.3 Å². The second-order valence-corrected chi connectivity index (χ2v) is 4.24. The van der Waals surface area contributed by atoms with Gasteiger partial charge in [0.15, 0.2) is 5.78 Å². The predicted octanol–water partition coefficient (Wildman–Crippen LogP) is 2.77. The van der Waals surface area contributed by atoms with E-state index in [0.717, 1.165) is 17.6 Å². The second-order valence-electron chi connectivity index (χ2n) is 4.24. The minimum absolute atomic E-state index is 0.0538. The van der Waals surface area contributed by atoms with Crippen molar-refractivity contribution < 1.29 is 4.79 Å². The van der Waals surface area contributed by atoms with Gasteiger partial charge >= 0.3 is 0 Å². The summed E-state index contributed by atoms with van der Waals surface area (Å²) in [7, 11) is 0. The molecule has 15 heavy (non-hydrogen) atoms. The SMILES string of the molecule is CC1C=CC2=C(Cc3ccccc32)C1=O. The topological polar surface area (TPSA) is 17.1 Å². The summed E-state index contributed by atoms with van der Waals surface area (Å²) in [5.74, 6) is 0.349. The molecule has 0 radical (unpaired) electrons. The van der Waals surface area contributed by atoms with Gasteiger partial charge in [0, 0.05) is 17.9 Å². The average molecular weight is 196 g/mol. The number of rotatable bonds is 0. The minimum Gasteiger partial charge on any atom is -0.294 e. The number of carbonyl (C=O) groups excluding carboxylic acids is 1. The molecular weight excluding hydrogens is 184 g/mol. The Morgan fingerprint density at radius 3 is 2.93 bits per heavy atom. The summed E-state index contributed by atoms with van der Waals surface area (Å²) in [5.41, 5.74) is 4.68. The summed E-state index contributed by atoms with van der Waals surface area (Å²) in [6.07, 6.45) is 4.93. The lowest BCUT2D eigenvalue weighted by atomic mass is 9.90. The van der Waals surface area contributed by atoms with Gasteiger partial charge in [0.1, 0.15) is 0 Å². The molecular formula is C14H12O. The molecule has 0 amide bonds. The van der Waals surface area contributed by atoms with Gasteiger partial charge in [-0.25, -0.2) is 0 Å². The van der Waals surface area contributed by atoms with Crippen LogP contribution < -0.4 is 0 Å². The number of benzene rings is 1. The van der Waals surface area contributed by atoms with E-state index in [2.05, 4.69) is 18.2 Å². The van der Waals surface area contributed by atoms with Crippen molar-refractivity contribution in [1.29, 1.82) is 0 Å². The van der Waals surface area contributed by atoms with E-state index in [1.54, 1.807) is 0 Å². The lowest BCUT2D eigenvalue weighted by Gasteiger charge is -2.13. The van der Waals surface area contributed by atoms with Crippen LogP contribution >= 0.6 is 0 Å². The van der Waals surface area contributed by atoms with Crippen LogP contribution in [0.25, 0.3) is 5.57 Å². The van der Waals surface area contributed by atoms with Gasteiger partial charge in [0.25, 0.3) is 0 Å². The molecule has 1 atom stereocenters. The van der Waals surface area contributed by atoms with Crippen molar-refractivity contribution >= 4 is 11.4 Å². The maximum absolute atomic E-state index is 12.0. The molecule has 1 aromatic carbocycles. The van der Waals surface area contributed by atoms with E-state index in [9.17, 15) is 4.79 Å². The molecule has 0 bridgehead atoms. The van der Waals surface area contributed by atoms with Crippen LogP contribution in [0.15, 0.2) is 42.0 Å². The highest BCUT2D eigenvalue weighted by atomic mass is 16.1. The highest BCUT2D eigenvalue weighted by molar-refractivity contribution is 6.10. The van der Waals surface area contributed by atoms with Crippen LogP contribution in [0.1, 0.15) is 18.1 Å². The van der Waals surface area contributed by atoms with Crippen LogP contribution in [0.4, 0.5) is 0 Å². The fourth-order valence-electron chi connectivity index (χ4n) is 2.40. The van der Waals surface area contributed by atoms with Crippen molar-refractivity contribution in [2.75, 3.05) is 0 Å². The van der Waals surface area contributed by atoms with E-state index in [-0.39, 0.29) is 5.92 Å². The Hall–Kier alpha value is -1.63. The van der Waals surface area contributed by atoms with Crippen molar-refractivity contribution in [2.24, 2.45) is 5.92 Å². The maximum Gasteiger partial charge on any atom is 0.166 e. The van der Waals surface area contributed by atoms with E-state index >= 15 is 0 Å². The van der Waals surface area contributed by atoms with Gasteiger partial charge in [-0.3, -0.25) is 4.79 Å². The van der Waals surface area contributed by atoms with E-state index in [0.29, 0.717) is 5.78 Å². The summed E-state index contributed by atoms with van der Waals surface area (Å²) in [4.78, 5) is 12.0. The minimum atomic E-state index is 0.0538. The smallest absolute Gasteiger partial charge is 0.166 e. The summed E-state index contributed by atoms with van der Waals surface area (Å²) in [5, 5.41) is 0. The zero-order valence-corrected chi connectivity index (χ0v) is 8.66. The van der Waals surface area contributed by atoms with Crippen LogP contribution in [-0.2, 0) is 11.2 Å². The zero-order valence-electron chi connectivity index (χ0n) is 8.66. The molecule has 1 nitrogen and oxygen atoms in total. The average Bonchev–Trinajstić information content (AvgIpc) is 2.63. The summed E-state index contributed by atoms with van der Waals surface area (Å²) >= 11 is 0. The molecule has 0 aliphatic heterocycles. The first-order chi connectivity index (χ1) is 7.27. The first kappa shape index (κ1) is 8.66.